The molecule has 0 fully saturated rings. The molecule has 1 amide bonds. The highest BCUT2D eigenvalue weighted by molar-refractivity contribution is 5.94. The van der Waals surface area contributed by atoms with Crippen LogP contribution in [0.25, 0.3) is 0 Å². The molecule has 0 bridgehead atoms. The standard InChI is InChI=1S/C18H18N2O3/c1-11(21)23-16-9-13-7-8-14(19)10-15(13)17(16)20-18(22)12-5-3-2-4-6-12/h2-8,10,16-17H,9,19H2,1H3,(H,20,22). The first-order valence-electron chi connectivity index (χ1n) is 7.46. The summed E-state index contributed by atoms with van der Waals surface area (Å²) < 4.78 is 5.39. The van der Waals surface area contributed by atoms with E-state index in [1.54, 1.807) is 24.3 Å². The van der Waals surface area contributed by atoms with Crippen molar-refractivity contribution in [2.75, 3.05) is 5.73 Å². The van der Waals surface area contributed by atoms with E-state index in [0.717, 1.165) is 11.1 Å². The quantitative estimate of drug-likeness (QED) is 0.673. The third-order valence-corrected chi connectivity index (χ3v) is 3.94. The van der Waals surface area contributed by atoms with Crippen molar-refractivity contribution in [3.05, 3.63) is 65.2 Å². The molecule has 2 aromatic carbocycles. The lowest BCUT2D eigenvalue weighted by atomic mass is 10.1. The molecule has 0 aromatic heterocycles. The Morgan fingerprint density at radius 2 is 1.91 bits per heavy atom. The maximum atomic E-state index is 12.4. The molecule has 1 aliphatic carbocycles. The largest absolute Gasteiger partial charge is 0.460 e. The van der Waals surface area contributed by atoms with Gasteiger partial charge in [0.1, 0.15) is 6.10 Å². The summed E-state index contributed by atoms with van der Waals surface area (Å²) in [5, 5.41) is 2.96. The molecule has 2 atom stereocenters. The van der Waals surface area contributed by atoms with Crippen molar-refractivity contribution in [1.29, 1.82) is 0 Å². The predicted octanol–water partition coefficient (Wildman–Crippen LogP) is 2.23. The molecule has 5 heteroatoms. The number of nitrogen functional groups attached to an aromatic ring is 1. The van der Waals surface area contributed by atoms with E-state index in [0.29, 0.717) is 17.7 Å². The van der Waals surface area contributed by atoms with Crippen molar-refractivity contribution in [3.8, 4) is 0 Å². The molecular formula is C18H18N2O3. The highest BCUT2D eigenvalue weighted by atomic mass is 16.5. The van der Waals surface area contributed by atoms with E-state index >= 15 is 0 Å². The molecule has 3 N–H and O–H groups in total. The first kappa shape index (κ1) is 15.1. The van der Waals surface area contributed by atoms with Crippen molar-refractivity contribution in [2.45, 2.75) is 25.5 Å². The second-order valence-corrected chi connectivity index (χ2v) is 5.63. The van der Waals surface area contributed by atoms with Gasteiger partial charge in [-0.2, -0.15) is 0 Å². The number of hydrogen-bond acceptors (Lipinski definition) is 4. The molecule has 0 radical (unpaired) electrons. The molecule has 2 unspecified atom stereocenters. The Morgan fingerprint density at radius 3 is 2.61 bits per heavy atom. The monoisotopic (exact) mass is 310 g/mol. The van der Waals surface area contributed by atoms with Gasteiger partial charge in [-0.1, -0.05) is 24.3 Å². The molecule has 5 nitrogen and oxygen atoms in total. The van der Waals surface area contributed by atoms with Gasteiger partial charge in [0, 0.05) is 24.6 Å². The Labute approximate surface area is 134 Å². The minimum atomic E-state index is -0.419. The smallest absolute Gasteiger partial charge is 0.302 e. The van der Waals surface area contributed by atoms with Gasteiger partial charge in [-0.15, -0.1) is 0 Å². The summed E-state index contributed by atoms with van der Waals surface area (Å²) >= 11 is 0. The molecule has 0 aliphatic heterocycles. The molecule has 2 aromatic rings. The molecule has 0 saturated carbocycles. The fraction of sp³-hybridized carbons (Fsp3) is 0.222. The second kappa shape index (κ2) is 6.12. The first-order valence-corrected chi connectivity index (χ1v) is 7.46. The van der Waals surface area contributed by atoms with Crippen LogP contribution in [0.2, 0.25) is 0 Å². The van der Waals surface area contributed by atoms with Crippen LogP contribution < -0.4 is 11.1 Å². The summed E-state index contributed by atoms with van der Waals surface area (Å²) in [5.41, 5.74) is 8.97. The molecule has 1 aliphatic rings. The molecular weight excluding hydrogens is 292 g/mol. The van der Waals surface area contributed by atoms with Crippen LogP contribution in [0, 0.1) is 0 Å². The fourth-order valence-corrected chi connectivity index (χ4v) is 2.93. The van der Waals surface area contributed by atoms with Crippen molar-refractivity contribution in [3.63, 3.8) is 0 Å². The number of ether oxygens (including phenoxy) is 1. The predicted molar refractivity (Wildman–Crippen MR) is 86.8 cm³/mol. The fourth-order valence-electron chi connectivity index (χ4n) is 2.93. The van der Waals surface area contributed by atoms with Crippen LogP contribution in [0.1, 0.15) is 34.5 Å². The van der Waals surface area contributed by atoms with Gasteiger partial charge < -0.3 is 15.8 Å². The van der Waals surface area contributed by atoms with Crippen LogP contribution in [0.5, 0.6) is 0 Å². The van der Waals surface area contributed by atoms with Crippen LogP contribution in [0.4, 0.5) is 5.69 Å². The number of esters is 1. The van der Waals surface area contributed by atoms with Crippen molar-refractivity contribution >= 4 is 17.6 Å². The average Bonchev–Trinajstić information content (AvgIpc) is 2.84. The average molecular weight is 310 g/mol. The van der Waals surface area contributed by atoms with Gasteiger partial charge in [0.25, 0.3) is 5.91 Å². The lowest BCUT2D eigenvalue weighted by molar-refractivity contribution is -0.147. The molecule has 118 valence electrons. The Balaban J connectivity index is 1.88. The molecule has 0 saturated heterocycles. The summed E-state index contributed by atoms with van der Waals surface area (Å²) in [7, 11) is 0. The first-order chi connectivity index (χ1) is 11.0. The Bertz CT molecular complexity index is 743. The summed E-state index contributed by atoms with van der Waals surface area (Å²) in [5.74, 6) is -0.572. The molecule has 0 heterocycles. The summed E-state index contributed by atoms with van der Waals surface area (Å²) in [6, 6.07) is 14.1. The van der Waals surface area contributed by atoms with Crippen LogP contribution in [-0.2, 0) is 16.0 Å². The van der Waals surface area contributed by atoms with Crippen LogP contribution >= 0.6 is 0 Å². The van der Waals surface area contributed by atoms with E-state index in [1.807, 2.05) is 24.3 Å². The highest BCUT2D eigenvalue weighted by Gasteiger charge is 2.36. The summed E-state index contributed by atoms with van der Waals surface area (Å²) in [6.07, 6.45) is 0.145. The van der Waals surface area contributed by atoms with Gasteiger partial charge in [-0.05, 0) is 35.4 Å². The van der Waals surface area contributed by atoms with Gasteiger partial charge in [0.15, 0.2) is 0 Å². The number of rotatable bonds is 3. The normalized spacial score (nSPS) is 19.0. The maximum Gasteiger partial charge on any atom is 0.302 e. The minimum Gasteiger partial charge on any atom is -0.460 e. The lowest BCUT2D eigenvalue weighted by Crippen LogP contribution is -2.36. The van der Waals surface area contributed by atoms with Crippen LogP contribution in [-0.4, -0.2) is 18.0 Å². The SMILES string of the molecule is CC(=O)OC1Cc2ccc(N)cc2C1NC(=O)c1ccccc1. The Morgan fingerprint density at radius 1 is 1.17 bits per heavy atom. The third-order valence-electron chi connectivity index (χ3n) is 3.94. The van der Waals surface area contributed by atoms with E-state index in [2.05, 4.69) is 5.32 Å². The second-order valence-electron chi connectivity index (χ2n) is 5.63. The van der Waals surface area contributed by atoms with Gasteiger partial charge in [0.05, 0.1) is 6.04 Å². The number of hydrogen-bond donors (Lipinski definition) is 2. The maximum absolute atomic E-state index is 12.4. The molecule has 23 heavy (non-hydrogen) atoms. The van der Waals surface area contributed by atoms with Gasteiger partial charge in [-0.3, -0.25) is 9.59 Å². The molecule has 0 spiro atoms. The van der Waals surface area contributed by atoms with Crippen LogP contribution in [0.15, 0.2) is 48.5 Å². The zero-order chi connectivity index (χ0) is 16.4. The van der Waals surface area contributed by atoms with E-state index in [1.165, 1.54) is 6.92 Å². The Hall–Kier alpha value is -2.82. The van der Waals surface area contributed by atoms with Crippen molar-refractivity contribution in [2.24, 2.45) is 0 Å². The van der Waals surface area contributed by atoms with E-state index in [4.69, 9.17) is 10.5 Å². The number of nitrogens with one attached hydrogen (secondary N) is 1. The van der Waals surface area contributed by atoms with Crippen molar-refractivity contribution in [1.82, 2.24) is 5.32 Å². The van der Waals surface area contributed by atoms with Gasteiger partial charge in [-0.25, -0.2) is 0 Å². The topological polar surface area (TPSA) is 81.4 Å². The van der Waals surface area contributed by atoms with E-state index in [-0.39, 0.29) is 11.9 Å². The number of carbonyl (C=O) groups excluding carboxylic acids is 2. The lowest BCUT2D eigenvalue weighted by Gasteiger charge is -2.22. The van der Waals surface area contributed by atoms with Crippen LogP contribution in [0.3, 0.4) is 0 Å². The highest BCUT2D eigenvalue weighted by Crippen LogP contribution is 2.35. The summed E-state index contributed by atoms with van der Waals surface area (Å²) in [6.45, 7) is 1.37. The van der Waals surface area contributed by atoms with E-state index < -0.39 is 12.1 Å². The van der Waals surface area contributed by atoms with Gasteiger partial charge >= 0.3 is 5.97 Å². The number of benzene rings is 2. The minimum absolute atomic E-state index is 0.206. The summed E-state index contributed by atoms with van der Waals surface area (Å²) in [4.78, 5) is 23.8. The third kappa shape index (κ3) is 3.18. The number of nitrogens with two attached hydrogens (primary N) is 1. The van der Waals surface area contributed by atoms with E-state index in [9.17, 15) is 9.59 Å². The zero-order valence-electron chi connectivity index (χ0n) is 12.8. The Kier molecular flexibility index (Phi) is 4.02. The zero-order valence-corrected chi connectivity index (χ0v) is 12.8. The molecule has 3 rings (SSSR count). The van der Waals surface area contributed by atoms with Gasteiger partial charge in [0.2, 0.25) is 0 Å². The number of carbonyl (C=O) groups is 2. The number of fused-ring (bicyclic) bond motifs is 1. The number of anilines is 1. The number of amides is 1. The van der Waals surface area contributed by atoms with Crippen molar-refractivity contribution < 1.29 is 14.3 Å².